The highest BCUT2D eigenvalue weighted by molar-refractivity contribution is 7.85. The lowest BCUT2D eigenvalue weighted by Crippen LogP contribution is -2.11. The Hall–Kier alpha value is -0.220. The summed E-state index contributed by atoms with van der Waals surface area (Å²) >= 11 is 0. The smallest absolute Gasteiger partial charge is 0.261 e. The average molecular weight is 279 g/mol. The van der Waals surface area contributed by atoms with Gasteiger partial charge in [-0.2, -0.15) is 16.8 Å². The van der Waals surface area contributed by atoms with Crippen molar-refractivity contribution in [3.63, 3.8) is 0 Å². The standard InChI is InChI=1S/C5H13N.2CH4O3S/c1-4-5-6(2)3;2*1-5(2,3)4/h4-5H2,1-3H3;2*1H3,(H,2,3,4). The molecule has 0 saturated carbocycles. The van der Waals surface area contributed by atoms with Crippen LogP contribution in [-0.4, -0.2) is 64.0 Å². The quantitative estimate of drug-likeness (QED) is 0.682. The van der Waals surface area contributed by atoms with Crippen LogP contribution in [0.3, 0.4) is 0 Å². The second-order valence-electron chi connectivity index (χ2n) is 3.27. The Morgan fingerprint density at radius 2 is 1.12 bits per heavy atom. The molecule has 0 aromatic rings. The third-order valence-corrected chi connectivity index (χ3v) is 0.671. The fourth-order valence-electron chi connectivity index (χ4n) is 0.447. The van der Waals surface area contributed by atoms with Gasteiger partial charge in [-0.25, -0.2) is 0 Å². The van der Waals surface area contributed by atoms with E-state index in [9.17, 15) is 16.8 Å². The first kappa shape index (κ1) is 21.1. The van der Waals surface area contributed by atoms with Crippen LogP contribution in [0.4, 0.5) is 0 Å². The van der Waals surface area contributed by atoms with Crippen molar-refractivity contribution in [3.8, 4) is 0 Å². The number of nitrogens with zero attached hydrogens (tertiary/aromatic N) is 1. The summed E-state index contributed by atoms with van der Waals surface area (Å²) in [6.07, 6.45) is 2.69. The monoisotopic (exact) mass is 279 g/mol. The summed E-state index contributed by atoms with van der Waals surface area (Å²) in [6, 6.07) is 0. The van der Waals surface area contributed by atoms with Crippen molar-refractivity contribution in [2.24, 2.45) is 0 Å². The summed E-state index contributed by atoms with van der Waals surface area (Å²) in [6.45, 7) is 3.39. The van der Waals surface area contributed by atoms with Crippen LogP contribution in [0.15, 0.2) is 0 Å². The van der Waals surface area contributed by atoms with E-state index in [4.69, 9.17) is 9.11 Å². The average Bonchev–Trinajstić information content (AvgIpc) is 1.76. The van der Waals surface area contributed by atoms with E-state index in [1.165, 1.54) is 13.0 Å². The molecule has 0 aromatic heterocycles. The molecule has 0 saturated heterocycles. The minimum absolute atomic E-state index is 0.715. The Labute approximate surface area is 98.0 Å². The normalized spacial score (nSPS) is 11.0. The molecule has 0 radical (unpaired) electrons. The van der Waals surface area contributed by atoms with Crippen LogP contribution < -0.4 is 0 Å². The van der Waals surface area contributed by atoms with Crippen LogP contribution in [0, 0.1) is 0 Å². The number of hydrogen-bond acceptors (Lipinski definition) is 5. The molecule has 0 fully saturated rings. The van der Waals surface area contributed by atoms with Gasteiger partial charge in [0.1, 0.15) is 0 Å². The van der Waals surface area contributed by atoms with Crippen molar-refractivity contribution in [2.45, 2.75) is 13.3 Å². The molecule has 0 amide bonds. The van der Waals surface area contributed by atoms with Gasteiger partial charge in [0, 0.05) is 0 Å². The molecule has 0 heterocycles. The highest BCUT2D eigenvalue weighted by Gasteiger charge is 1.82. The molecule has 0 aliphatic carbocycles. The molecule has 0 atom stereocenters. The van der Waals surface area contributed by atoms with E-state index in [0.29, 0.717) is 12.5 Å². The van der Waals surface area contributed by atoms with Crippen molar-refractivity contribution in [2.75, 3.05) is 33.2 Å². The van der Waals surface area contributed by atoms with E-state index >= 15 is 0 Å². The van der Waals surface area contributed by atoms with Gasteiger partial charge in [0.2, 0.25) is 0 Å². The second kappa shape index (κ2) is 9.97. The lowest BCUT2D eigenvalue weighted by Gasteiger charge is -2.03. The number of rotatable bonds is 2. The minimum atomic E-state index is -3.67. The molecular formula is C7H21NO6S2. The molecule has 102 valence electrons. The van der Waals surface area contributed by atoms with Crippen LogP contribution in [0.1, 0.15) is 13.3 Å². The van der Waals surface area contributed by atoms with E-state index in [1.807, 2.05) is 0 Å². The summed E-state index contributed by atoms with van der Waals surface area (Å²) in [5.74, 6) is 0. The fraction of sp³-hybridized carbons (Fsp3) is 1.00. The predicted molar refractivity (Wildman–Crippen MR) is 63.8 cm³/mol. The second-order valence-corrected chi connectivity index (χ2v) is 6.20. The molecule has 0 spiro atoms. The molecular weight excluding hydrogens is 258 g/mol. The van der Waals surface area contributed by atoms with Gasteiger partial charge in [-0.15, -0.1) is 0 Å². The van der Waals surface area contributed by atoms with Crippen molar-refractivity contribution >= 4 is 20.2 Å². The SMILES string of the molecule is CCCN(C)C.CS(=O)(=O)O.CS(=O)(=O)O. The molecule has 0 aromatic carbocycles. The Morgan fingerprint density at radius 1 is 0.938 bits per heavy atom. The Morgan fingerprint density at radius 3 is 1.12 bits per heavy atom. The van der Waals surface area contributed by atoms with Gasteiger partial charge in [0.25, 0.3) is 20.2 Å². The van der Waals surface area contributed by atoms with E-state index in [-0.39, 0.29) is 0 Å². The first-order valence-corrected chi connectivity index (χ1v) is 7.96. The first-order valence-electron chi connectivity index (χ1n) is 4.27. The van der Waals surface area contributed by atoms with Gasteiger partial charge in [-0.3, -0.25) is 9.11 Å². The summed E-state index contributed by atoms with van der Waals surface area (Å²) in [4.78, 5) is 2.18. The van der Waals surface area contributed by atoms with Crippen LogP contribution in [0.5, 0.6) is 0 Å². The van der Waals surface area contributed by atoms with Gasteiger partial charge in [-0.05, 0) is 27.1 Å². The molecule has 0 rings (SSSR count). The Bertz CT molecular complexity index is 286. The lowest BCUT2D eigenvalue weighted by atomic mass is 10.5. The third-order valence-electron chi connectivity index (χ3n) is 0.671. The predicted octanol–water partition coefficient (Wildman–Crippen LogP) is -0.0340. The summed E-state index contributed by atoms with van der Waals surface area (Å²) < 4.78 is 51.7. The van der Waals surface area contributed by atoms with E-state index in [0.717, 1.165) is 0 Å². The summed E-state index contributed by atoms with van der Waals surface area (Å²) in [5.41, 5.74) is 0. The summed E-state index contributed by atoms with van der Waals surface area (Å²) in [7, 11) is -3.16. The zero-order chi connectivity index (χ0) is 14.0. The molecule has 9 heteroatoms. The summed E-state index contributed by atoms with van der Waals surface area (Å²) in [5, 5.41) is 0. The van der Waals surface area contributed by atoms with Crippen molar-refractivity contribution in [1.29, 1.82) is 0 Å². The Kier molecular flexibility index (Phi) is 13.1. The van der Waals surface area contributed by atoms with Gasteiger partial charge in [0.15, 0.2) is 0 Å². The van der Waals surface area contributed by atoms with E-state index in [1.54, 1.807) is 0 Å². The van der Waals surface area contributed by atoms with Crippen molar-refractivity contribution < 1.29 is 25.9 Å². The highest BCUT2D eigenvalue weighted by atomic mass is 32.2. The van der Waals surface area contributed by atoms with Crippen molar-refractivity contribution in [1.82, 2.24) is 4.90 Å². The van der Waals surface area contributed by atoms with Gasteiger partial charge in [-0.1, -0.05) is 6.92 Å². The van der Waals surface area contributed by atoms with Crippen LogP contribution in [0.2, 0.25) is 0 Å². The lowest BCUT2D eigenvalue weighted by molar-refractivity contribution is 0.408. The maximum Gasteiger partial charge on any atom is 0.261 e. The molecule has 0 aliphatic rings. The minimum Gasteiger partial charge on any atom is -0.309 e. The molecule has 0 aliphatic heterocycles. The van der Waals surface area contributed by atoms with Crippen molar-refractivity contribution in [3.05, 3.63) is 0 Å². The van der Waals surface area contributed by atoms with Crippen LogP contribution >= 0.6 is 0 Å². The zero-order valence-corrected chi connectivity index (χ0v) is 11.8. The highest BCUT2D eigenvalue weighted by Crippen LogP contribution is 1.76. The topological polar surface area (TPSA) is 112 Å². The van der Waals surface area contributed by atoms with Gasteiger partial charge < -0.3 is 4.90 Å². The third kappa shape index (κ3) is 291. The molecule has 16 heavy (non-hydrogen) atoms. The first-order chi connectivity index (χ1) is 6.77. The van der Waals surface area contributed by atoms with Crippen LogP contribution in [0.25, 0.3) is 0 Å². The van der Waals surface area contributed by atoms with Gasteiger partial charge in [0.05, 0.1) is 12.5 Å². The molecule has 2 N–H and O–H groups in total. The van der Waals surface area contributed by atoms with Crippen LogP contribution in [-0.2, 0) is 20.2 Å². The zero-order valence-electron chi connectivity index (χ0n) is 10.2. The van der Waals surface area contributed by atoms with E-state index in [2.05, 4.69) is 25.9 Å². The largest absolute Gasteiger partial charge is 0.309 e. The molecule has 7 nitrogen and oxygen atoms in total. The molecule has 0 bridgehead atoms. The fourth-order valence-corrected chi connectivity index (χ4v) is 0.447. The van der Waals surface area contributed by atoms with E-state index < -0.39 is 20.2 Å². The maximum absolute atomic E-state index is 9.19. The maximum atomic E-state index is 9.19. The van der Waals surface area contributed by atoms with Gasteiger partial charge >= 0.3 is 0 Å². The number of hydrogen-bond donors (Lipinski definition) is 2. The molecule has 0 unspecified atom stereocenters. The Balaban J connectivity index is -0.000000160.